The van der Waals surface area contributed by atoms with Gasteiger partial charge < -0.3 is 20.3 Å². The van der Waals surface area contributed by atoms with Gasteiger partial charge in [0, 0.05) is 12.8 Å². The summed E-state index contributed by atoms with van der Waals surface area (Å²) in [5, 5.41) is 23.4. The Kier molecular flexibility index (Phi) is 71.4. The van der Waals surface area contributed by atoms with Gasteiger partial charge in [0.15, 0.2) is 0 Å². The zero-order valence-corrected chi connectivity index (χ0v) is 56.5. The van der Waals surface area contributed by atoms with Gasteiger partial charge in [-0.25, -0.2) is 0 Å². The van der Waals surface area contributed by atoms with E-state index in [1.807, 2.05) is 0 Å². The Morgan fingerprint density at radius 3 is 0.867 bits per heavy atom. The molecule has 0 aromatic heterocycles. The maximum atomic E-state index is 12.6. The molecule has 3 N–H and O–H groups in total. The third kappa shape index (κ3) is 69.3. The van der Waals surface area contributed by atoms with Gasteiger partial charge in [0.1, 0.15) is 0 Å². The lowest BCUT2D eigenvalue weighted by Gasteiger charge is -2.22. The summed E-state index contributed by atoms with van der Waals surface area (Å²) < 4.78 is 5.48. The van der Waals surface area contributed by atoms with Crippen molar-refractivity contribution >= 4 is 11.9 Å². The number of hydrogen-bond acceptors (Lipinski definition) is 5. The highest BCUT2D eigenvalue weighted by molar-refractivity contribution is 5.76. The first-order chi connectivity index (χ1) is 41.0. The maximum absolute atomic E-state index is 12.6. The average Bonchev–Trinajstić information content (AvgIpc) is 3.49. The summed E-state index contributed by atoms with van der Waals surface area (Å²) in [6.07, 6.45) is 92.6. The Morgan fingerprint density at radius 2 is 0.566 bits per heavy atom. The number of carbonyl (C=O) groups is 2. The van der Waals surface area contributed by atoms with Crippen LogP contribution in [0.1, 0.15) is 431 Å². The molecule has 6 heteroatoms. The van der Waals surface area contributed by atoms with Gasteiger partial charge in [0.05, 0.1) is 25.4 Å². The van der Waals surface area contributed by atoms with Crippen molar-refractivity contribution in [3.8, 4) is 0 Å². The lowest BCUT2D eigenvalue weighted by molar-refractivity contribution is -0.143. The fourth-order valence-electron chi connectivity index (χ4n) is 12.2. The first-order valence-electron chi connectivity index (χ1n) is 38.1. The number of unbranched alkanes of at least 4 members (excludes halogenated alkanes) is 57. The molecule has 1 amide bonds. The highest BCUT2D eigenvalue weighted by atomic mass is 16.5. The van der Waals surface area contributed by atoms with E-state index in [9.17, 15) is 19.8 Å². The Bertz CT molecular complexity index is 1300. The Hall–Kier alpha value is -1.66. The molecule has 2 unspecified atom stereocenters. The number of nitrogens with one attached hydrogen (secondary N) is 1. The van der Waals surface area contributed by atoms with Gasteiger partial charge in [-0.05, 0) is 77.0 Å². The lowest BCUT2D eigenvalue weighted by Crippen LogP contribution is -2.45. The molecule has 0 radical (unpaired) electrons. The molecule has 83 heavy (non-hydrogen) atoms. The standard InChI is InChI=1S/C77H149NO5/c1-3-5-7-9-11-13-15-17-18-19-20-36-39-42-46-49-53-57-61-65-69-75(80)74(73-79)78-76(81)70-66-62-58-54-50-47-43-40-37-34-32-30-28-26-24-22-21-23-25-27-29-31-33-35-38-41-44-48-52-56-60-64-68-72-83-77(82)71-67-63-59-55-51-45-16-14-12-10-8-6-4-2/h14,16,25,27,74-75,79-80H,3-13,15,17-24,26,28-73H2,1-2H3,(H,78,81)/b16-14-,27-25-. The van der Waals surface area contributed by atoms with E-state index in [4.69, 9.17) is 4.74 Å². The van der Waals surface area contributed by atoms with Crippen molar-refractivity contribution in [3.05, 3.63) is 24.3 Å². The van der Waals surface area contributed by atoms with E-state index in [1.54, 1.807) is 0 Å². The number of esters is 1. The van der Waals surface area contributed by atoms with Crippen LogP contribution < -0.4 is 5.32 Å². The van der Waals surface area contributed by atoms with E-state index >= 15 is 0 Å². The van der Waals surface area contributed by atoms with Gasteiger partial charge in [-0.15, -0.1) is 0 Å². The Morgan fingerprint density at radius 1 is 0.325 bits per heavy atom. The lowest BCUT2D eigenvalue weighted by atomic mass is 10.0. The number of carbonyl (C=O) groups excluding carboxylic acids is 2. The molecule has 0 spiro atoms. The molecule has 0 rings (SSSR count). The van der Waals surface area contributed by atoms with Gasteiger partial charge in [-0.2, -0.15) is 0 Å². The molecule has 0 saturated heterocycles. The van der Waals surface area contributed by atoms with Crippen LogP contribution in [0.5, 0.6) is 0 Å². The van der Waals surface area contributed by atoms with Crippen LogP contribution in [-0.2, 0) is 14.3 Å². The second kappa shape index (κ2) is 72.8. The largest absolute Gasteiger partial charge is 0.466 e. The predicted octanol–water partition coefficient (Wildman–Crippen LogP) is 24.9. The average molecular weight is 1170 g/mol. The van der Waals surface area contributed by atoms with Gasteiger partial charge in [-0.3, -0.25) is 9.59 Å². The second-order valence-corrected chi connectivity index (χ2v) is 26.3. The van der Waals surface area contributed by atoms with E-state index < -0.39 is 12.1 Å². The minimum Gasteiger partial charge on any atom is -0.466 e. The van der Waals surface area contributed by atoms with Gasteiger partial charge in [-0.1, -0.05) is 366 Å². The highest BCUT2D eigenvalue weighted by Gasteiger charge is 2.20. The summed E-state index contributed by atoms with van der Waals surface area (Å²) in [4.78, 5) is 24.6. The topological polar surface area (TPSA) is 95.9 Å². The smallest absolute Gasteiger partial charge is 0.305 e. The van der Waals surface area contributed by atoms with Crippen LogP contribution in [0.25, 0.3) is 0 Å². The van der Waals surface area contributed by atoms with Crippen LogP contribution in [-0.4, -0.2) is 47.4 Å². The van der Waals surface area contributed by atoms with E-state index in [2.05, 4.69) is 43.5 Å². The molecule has 0 heterocycles. The molecule has 2 atom stereocenters. The molecule has 0 aliphatic rings. The van der Waals surface area contributed by atoms with Crippen LogP contribution in [0.15, 0.2) is 24.3 Å². The van der Waals surface area contributed by atoms with Crippen LogP contribution in [0.2, 0.25) is 0 Å². The molecular weight excluding hydrogens is 1020 g/mol. The number of allylic oxidation sites excluding steroid dienone is 4. The van der Waals surface area contributed by atoms with Gasteiger partial charge in [0.2, 0.25) is 5.91 Å². The molecule has 0 fully saturated rings. The summed E-state index contributed by atoms with van der Waals surface area (Å²) in [5.41, 5.74) is 0. The third-order valence-electron chi connectivity index (χ3n) is 18.0. The summed E-state index contributed by atoms with van der Waals surface area (Å²) in [6.45, 7) is 4.98. The van der Waals surface area contributed by atoms with Crippen molar-refractivity contribution < 1.29 is 24.5 Å². The number of ether oxygens (including phenoxy) is 1. The molecule has 0 aliphatic carbocycles. The second-order valence-electron chi connectivity index (χ2n) is 26.3. The maximum Gasteiger partial charge on any atom is 0.305 e. The summed E-state index contributed by atoms with van der Waals surface area (Å²) in [5.74, 6) is -0.0169. The Labute approximate surface area is 520 Å². The molecule has 0 aromatic carbocycles. The van der Waals surface area contributed by atoms with Crippen molar-refractivity contribution in [1.82, 2.24) is 5.32 Å². The molecular formula is C77H149NO5. The normalized spacial score (nSPS) is 12.6. The van der Waals surface area contributed by atoms with Crippen LogP contribution in [0.4, 0.5) is 0 Å². The fraction of sp³-hybridized carbons (Fsp3) is 0.922. The van der Waals surface area contributed by atoms with Crippen molar-refractivity contribution in [1.29, 1.82) is 0 Å². The fourth-order valence-corrected chi connectivity index (χ4v) is 12.2. The first kappa shape index (κ1) is 81.3. The van der Waals surface area contributed by atoms with E-state index in [0.29, 0.717) is 25.9 Å². The zero-order chi connectivity index (χ0) is 59.9. The molecule has 492 valence electrons. The quantitative estimate of drug-likeness (QED) is 0.0320. The molecule has 0 saturated carbocycles. The van der Waals surface area contributed by atoms with Crippen molar-refractivity contribution in [2.24, 2.45) is 0 Å². The predicted molar refractivity (Wildman–Crippen MR) is 366 cm³/mol. The minimum absolute atomic E-state index is 0.0102. The molecule has 0 bridgehead atoms. The number of aliphatic hydroxyl groups excluding tert-OH is 2. The van der Waals surface area contributed by atoms with Crippen LogP contribution in [0, 0.1) is 0 Å². The van der Waals surface area contributed by atoms with Gasteiger partial charge in [0.25, 0.3) is 0 Å². The monoisotopic (exact) mass is 1170 g/mol. The van der Waals surface area contributed by atoms with E-state index in [1.165, 1.54) is 353 Å². The van der Waals surface area contributed by atoms with Crippen LogP contribution in [0.3, 0.4) is 0 Å². The highest BCUT2D eigenvalue weighted by Crippen LogP contribution is 2.19. The molecule has 6 nitrogen and oxygen atoms in total. The summed E-state index contributed by atoms with van der Waals surface area (Å²) >= 11 is 0. The zero-order valence-electron chi connectivity index (χ0n) is 56.5. The van der Waals surface area contributed by atoms with Crippen molar-refractivity contribution in [2.45, 2.75) is 443 Å². The number of rotatable bonds is 72. The van der Waals surface area contributed by atoms with Gasteiger partial charge >= 0.3 is 5.97 Å². The summed E-state index contributed by atoms with van der Waals surface area (Å²) in [6, 6.07) is -0.540. The summed E-state index contributed by atoms with van der Waals surface area (Å²) in [7, 11) is 0. The van der Waals surface area contributed by atoms with Crippen molar-refractivity contribution in [3.63, 3.8) is 0 Å². The minimum atomic E-state index is -0.663. The SMILES string of the molecule is CCCCCC/C=C\CCCCCCCC(=O)OCCCCCCCCCCCCCC/C=C\CCCCCCCCCCCCCCCCCCCC(=O)NC(CO)C(O)CCCCCCCCCCCCCCCCCCCCCC. The Balaban J connectivity index is 3.35. The number of amides is 1. The molecule has 0 aliphatic heterocycles. The third-order valence-corrected chi connectivity index (χ3v) is 18.0. The number of aliphatic hydroxyl groups is 2. The number of hydrogen-bond donors (Lipinski definition) is 3. The van der Waals surface area contributed by atoms with E-state index in [-0.39, 0.29) is 18.5 Å². The molecule has 0 aromatic rings. The van der Waals surface area contributed by atoms with Crippen molar-refractivity contribution in [2.75, 3.05) is 13.2 Å². The first-order valence-corrected chi connectivity index (χ1v) is 38.1. The van der Waals surface area contributed by atoms with E-state index in [0.717, 1.165) is 44.9 Å². The van der Waals surface area contributed by atoms with Crippen LogP contribution >= 0.6 is 0 Å².